The number of aliphatic hydroxyl groups excluding tert-OH is 8. The number of aromatic hydroxyl groups is 3. The number of carbonyl (C=O) groups excluding carboxylic acids is 1. The number of phenolic OH excluding ortho intramolecular Hbond substituents is 3. The summed E-state index contributed by atoms with van der Waals surface area (Å²) in [4.78, 5) is 13.3. The van der Waals surface area contributed by atoms with Crippen LogP contribution in [0.2, 0.25) is 0 Å². The monoisotopic (exact) mass is 770 g/mol. The number of phenols is 3. The Balaban J connectivity index is 1.43. The number of ether oxygens (including phenoxy) is 7. The maximum Gasteiger partial charge on any atom is 0.331 e. The van der Waals surface area contributed by atoms with Crippen LogP contribution >= 0.6 is 0 Å². The fourth-order valence-corrected chi connectivity index (χ4v) is 6.08. The summed E-state index contributed by atoms with van der Waals surface area (Å²) in [6, 6.07) is 9.88. The zero-order valence-electron chi connectivity index (χ0n) is 28.9. The Bertz CT molecular complexity index is 1540. The summed E-state index contributed by atoms with van der Waals surface area (Å²) in [5.74, 6) is -1.74. The number of benzene rings is 2. The molecule has 0 radical (unpaired) electrons. The fourth-order valence-electron chi connectivity index (χ4n) is 6.08. The first-order valence-electron chi connectivity index (χ1n) is 17.1. The summed E-state index contributed by atoms with van der Waals surface area (Å²) in [6.45, 7) is -0.167. The zero-order valence-corrected chi connectivity index (χ0v) is 28.9. The topological polar surface area (TPSA) is 304 Å². The van der Waals surface area contributed by atoms with Crippen molar-refractivity contribution in [2.75, 3.05) is 19.8 Å². The standard InChI is InChI=1S/C35H46O19/c1-15-24(41)26(43)29(46)35(50-15)54-32-30(47)34(48-11-10-17-4-8-19(38)20(39)12-17)52-22(14-49-33-28(45)27(44)25(42)21(13-36)51-33)31(32)53-23(40)9-5-16-2-6-18(37)7-3-16/h2-9,12,15,21-22,24-39,41-47H,10-11,13-14H2,1H3/b9-5+/t15-,21+,22+,24-,25-,26+,27-,28+,29+,30+,31+,32+,33+,34+,35-/m0/s1. The molecule has 3 aliphatic heterocycles. The first kappa shape index (κ1) is 41.6. The van der Waals surface area contributed by atoms with E-state index in [4.69, 9.17) is 33.2 Å². The maximum atomic E-state index is 13.3. The SMILES string of the molecule is C[C@@H]1O[C@@H](O[C@@H]2[C@@H](O)[C@H](OCCc3ccc(O)c(O)c3)O[C@H](CO[C@@H]3O[C@H](CO)[C@H](O)[C@H](O)[C@H]3O)[C@H]2OC(=O)/C=C/c2ccc(O)cc2)[C@H](O)[C@H](O)[C@H]1O. The smallest absolute Gasteiger partial charge is 0.331 e. The molecule has 19 nitrogen and oxygen atoms in total. The number of hydrogen-bond donors (Lipinski definition) is 11. The van der Waals surface area contributed by atoms with Gasteiger partial charge in [0, 0.05) is 6.08 Å². The lowest BCUT2D eigenvalue weighted by Crippen LogP contribution is -2.65. The molecule has 300 valence electrons. The van der Waals surface area contributed by atoms with E-state index in [1.807, 2.05) is 0 Å². The third-order valence-electron chi connectivity index (χ3n) is 9.26. The lowest BCUT2D eigenvalue weighted by Gasteiger charge is -2.47. The predicted octanol–water partition coefficient (Wildman–Crippen LogP) is -2.90. The molecule has 0 spiro atoms. The second kappa shape index (κ2) is 18.4. The molecule has 0 aromatic heterocycles. The van der Waals surface area contributed by atoms with Gasteiger partial charge in [-0.05, 0) is 54.8 Å². The molecule has 3 aliphatic rings. The molecule has 0 aliphatic carbocycles. The van der Waals surface area contributed by atoms with Gasteiger partial charge in [0.25, 0.3) is 0 Å². The van der Waals surface area contributed by atoms with Crippen molar-refractivity contribution in [1.29, 1.82) is 0 Å². The molecular formula is C35H46O19. The van der Waals surface area contributed by atoms with Crippen LogP contribution in [-0.2, 0) is 44.4 Å². The summed E-state index contributed by atoms with van der Waals surface area (Å²) in [7, 11) is 0. The van der Waals surface area contributed by atoms with Crippen LogP contribution in [0.15, 0.2) is 48.5 Å². The van der Waals surface area contributed by atoms with Gasteiger partial charge in [0.1, 0.15) is 66.8 Å². The van der Waals surface area contributed by atoms with Gasteiger partial charge in [-0.25, -0.2) is 4.79 Å². The minimum Gasteiger partial charge on any atom is -0.508 e. The van der Waals surface area contributed by atoms with Gasteiger partial charge in [-0.3, -0.25) is 0 Å². The third-order valence-corrected chi connectivity index (χ3v) is 9.26. The van der Waals surface area contributed by atoms with E-state index >= 15 is 0 Å². The summed E-state index contributed by atoms with van der Waals surface area (Å²) in [5, 5.41) is 113. The van der Waals surface area contributed by atoms with Crippen molar-refractivity contribution in [2.45, 2.75) is 105 Å². The molecule has 0 unspecified atom stereocenters. The highest BCUT2D eigenvalue weighted by molar-refractivity contribution is 5.87. The van der Waals surface area contributed by atoms with Crippen molar-refractivity contribution in [3.05, 3.63) is 59.7 Å². The molecular weight excluding hydrogens is 724 g/mol. The van der Waals surface area contributed by atoms with Crippen molar-refractivity contribution in [1.82, 2.24) is 0 Å². The van der Waals surface area contributed by atoms with Crippen molar-refractivity contribution < 1.29 is 94.1 Å². The van der Waals surface area contributed by atoms with Crippen LogP contribution in [0.5, 0.6) is 17.2 Å². The van der Waals surface area contributed by atoms with E-state index in [0.717, 1.165) is 6.08 Å². The second-order valence-corrected chi connectivity index (χ2v) is 13.1. The summed E-state index contributed by atoms with van der Waals surface area (Å²) >= 11 is 0. The molecule has 54 heavy (non-hydrogen) atoms. The molecule has 2 aromatic carbocycles. The van der Waals surface area contributed by atoms with Gasteiger partial charge in [0.05, 0.1) is 25.9 Å². The lowest BCUT2D eigenvalue weighted by atomic mass is 9.96. The number of rotatable bonds is 13. The highest BCUT2D eigenvalue weighted by Crippen LogP contribution is 2.33. The Labute approximate surface area is 308 Å². The van der Waals surface area contributed by atoms with E-state index in [0.29, 0.717) is 11.1 Å². The molecule has 19 heteroatoms. The van der Waals surface area contributed by atoms with E-state index < -0.39 is 111 Å². The van der Waals surface area contributed by atoms with Gasteiger partial charge in [-0.2, -0.15) is 0 Å². The molecule has 0 bridgehead atoms. The van der Waals surface area contributed by atoms with Crippen LogP contribution in [0.3, 0.4) is 0 Å². The Hall–Kier alpha value is -3.51. The van der Waals surface area contributed by atoms with Gasteiger partial charge < -0.3 is 89.3 Å². The van der Waals surface area contributed by atoms with Crippen LogP contribution in [0, 0.1) is 0 Å². The summed E-state index contributed by atoms with van der Waals surface area (Å²) in [6.07, 6.45) is -21.9. The highest BCUT2D eigenvalue weighted by atomic mass is 16.8. The van der Waals surface area contributed by atoms with Gasteiger partial charge in [-0.1, -0.05) is 18.2 Å². The Morgan fingerprint density at radius 2 is 1.35 bits per heavy atom. The summed E-state index contributed by atoms with van der Waals surface area (Å²) < 4.78 is 40.3. The van der Waals surface area contributed by atoms with Gasteiger partial charge >= 0.3 is 5.97 Å². The molecule has 15 atom stereocenters. The van der Waals surface area contributed by atoms with E-state index in [-0.39, 0.29) is 30.3 Å². The first-order valence-corrected chi connectivity index (χ1v) is 17.1. The minimum atomic E-state index is -1.86. The predicted molar refractivity (Wildman–Crippen MR) is 178 cm³/mol. The first-order chi connectivity index (χ1) is 25.7. The van der Waals surface area contributed by atoms with E-state index in [1.54, 1.807) is 0 Å². The maximum absolute atomic E-state index is 13.3. The highest BCUT2D eigenvalue weighted by Gasteiger charge is 2.53. The molecule has 3 saturated heterocycles. The molecule has 3 heterocycles. The molecule has 2 aromatic rings. The van der Waals surface area contributed by atoms with E-state index in [1.165, 1.54) is 55.5 Å². The normalized spacial score (nSPS) is 37.3. The average Bonchev–Trinajstić information content (AvgIpc) is 3.15. The van der Waals surface area contributed by atoms with Crippen LogP contribution < -0.4 is 0 Å². The molecule has 0 saturated carbocycles. The van der Waals surface area contributed by atoms with Gasteiger partial charge in [0.2, 0.25) is 0 Å². The molecule has 3 fully saturated rings. The minimum absolute atomic E-state index is 0.0117. The largest absolute Gasteiger partial charge is 0.508 e. The van der Waals surface area contributed by atoms with Crippen molar-refractivity contribution in [3.8, 4) is 17.2 Å². The van der Waals surface area contributed by atoms with E-state index in [2.05, 4.69) is 0 Å². The summed E-state index contributed by atoms with van der Waals surface area (Å²) in [5.41, 5.74) is 1.02. The van der Waals surface area contributed by atoms with Crippen LogP contribution in [0.25, 0.3) is 6.08 Å². The molecule has 11 N–H and O–H groups in total. The number of hydrogen-bond acceptors (Lipinski definition) is 19. The van der Waals surface area contributed by atoms with Crippen molar-refractivity contribution in [3.63, 3.8) is 0 Å². The number of aliphatic hydroxyl groups is 8. The van der Waals surface area contributed by atoms with Crippen LogP contribution in [0.1, 0.15) is 18.1 Å². The van der Waals surface area contributed by atoms with Gasteiger partial charge in [0.15, 0.2) is 36.5 Å². The quantitative estimate of drug-likeness (QED) is 0.0553. The van der Waals surface area contributed by atoms with Crippen molar-refractivity contribution in [2.24, 2.45) is 0 Å². The third kappa shape index (κ3) is 9.83. The Morgan fingerprint density at radius 1 is 0.704 bits per heavy atom. The molecule has 5 rings (SSSR count). The Kier molecular flexibility index (Phi) is 14.2. The zero-order chi connectivity index (χ0) is 39.3. The Morgan fingerprint density at radius 3 is 2.04 bits per heavy atom. The van der Waals surface area contributed by atoms with Gasteiger partial charge in [-0.15, -0.1) is 0 Å². The number of carbonyl (C=O) groups is 1. The fraction of sp³-hybridized carbons (Fsp3) is 0.571. The molecule has 0 amide bonds. The van der Waals surface area contributed by atoms with Crippen molar-refractivity contribution >= 4 is 12.0 Å². The van der Waals surface area contributed by atoms with Crippen LogP contribution in [0.4, 0.5) is 0 Å². The average molecular weight is 771 g/mol. The lowest BCUT2D eigenvalue weighted by molar-refractivity contribution is -0.364. The van der Waals surface area contributed by atoms with Crippen LogP contribution in [-0.4, -0.2) is 174 Å². The van der Waals surface area contributed by atoms with E-state index in [9.17, 15) is 61.0 Å². The second-order valence-electron chi connectivity index (χ2n) is 13.1. The number of esters is 1.